The normalized spacial score (nSPS) is 21.4. The Morgan fingerprint density at radius 3 is 1.69 bits per heavy atom. The fraction of sp³-hybridized carbons (Fsp3) is 0.500. The van der Waals surface area contributed by atoms with Gasteiger partial charge in [0.1, 0.15) is 5.75 Å². The van der Waals surface area contributed by atoms with E-state index in [2.05, 4.69) is 0 Å². The van der Waals surface area contributed by atoms with E-state index in [0.717, 1.165) is 5.69 Å². The van der Waals surface area contributed by atoms with Crippen LogP contribution in [0.1, 0.15) is 30.5 Å². The Hall–Kier alpha value is -5.17. The van der Waals surface area contributed by atoms with Crippen molar-refractivity contribution in [1.82, 2.24) is 19.6 Å². The molecule has 1 fully saturated rings. The molecule has 52 heavy (non-hydrogen) atoms. The predicted octanol–water partition coefficient (Wildman–Crippen LogP) is 2.01. The molecule has 1 spiro atoms. The van der Waals surface area contributed by atoms with Crippen molar-refractivity contribution >= 4 is 41.0 Å². The van der Waals surface area contributed by atoms with Crippen molar-refractivity contribution in [3.63, 3.8) is 0 Å². The Labute approximate surface area is 299 Å². The molecule has 18 heteroatoms. The predicted molar refractivity (Wildman–Crippen MR) is 188 cm³/mol. The summed E-state index contributed by atoms with van der Waals surface area (Å²) in [7, 11) is 1.82. The summed E-state index contributed by atoms with van der Waals surface area (Å²) in [4.78, 5) is 66.8. The van der Waals surface area contributed by atoms with Crippen molar-refractivity contribution in [2.75, 3.05) is 83.9 Å². The van der Waals surface area contributed by atoms with Crippen LogP contribution >= 0.6 is 0 Å². The average Bonchev–Trinajstić information content (AvgIpc) is 3.22. The summed E-state index contributed by atoms with van der Waals surface area (Å²) >= 11 is 0. The van der Waals surface area contributed by atoms with Gasteiger partial charge in [0, 0.05) is 107 Å². The number of anilines is 1. The number of non-ortho nitro benzene ring substituents is 2. The number of hydrogen-bond donors (Lipinski definition) is 3. The molecule has 5 rings (SSSR count). The minimum atomic E-state index is -1.16. The first kappa shape index (κ1) is 38.1. The zero-order chi connectivity index (χ0) is 38.0. The quantitative estimate of drug-likeness (QED) is 0.235. The fourth-order valence-corrected chi connectivity index (χ4v) is 7.32. The zero-order valence-corrected chi connectivity index (χ0v) is 29.3. The first-order chi connectivity index (χ1) is 24.5. The van der Waals surface area contributed by atoms with E-state index < -0.39 is 38.9 Å². The number of benzene rings is 2. The smallest absolute Gasteiger partial charge is 0.317 e. The third kappa shape index (κ3) is 7.99. The van der Waals surface area contributed by atoms with Gasteiger partial charge in [-0.15, -0.1) is 0 Å². The van der Waals surface area contributed by atoms with Crippen LogP contribution in [0.5, 0.6) is 5.75 Å². The lowest BCUT2D eigenvalue weighted by Crippen LogP contribution is -2.58. The standard InChI is InChI=1S/C34H43N7O11/c1-33(2)27-18-25(40(48)49)4-5-28(27)35(3)34(33)7-6-23-16-26(41(50)51)17-24(32(23)52-34)19-36-8-10-37(20-29(42)43)12-14-39(22-31(46)47)15-13-38(11-9-36)21-30(44)45/h4-7,16-18H,8-15,19-22H2,1-3H3,(H,42,43)(H,44,45)(H,46,47). The fourth-order valence-electron chi connectivity index (χ4n) is 7.32. The molecule has 0 bridgehead atoms. The summed E-state index contributed by atoms with van der Waals surface area (Å²) < 4.78 is 6.92. The Kier molecular flexibility index (Phi) is 11.1. The molecular formula is C34H43N7O11. The lowest BCUT2D eigenvalue weighted by molar-refractivity contribution is -0.385. The van der Waals surface area contributed by atoms with E-state index in [4.69, 9.17) is 4.74 Å². The molecule has 280 valence electrons. The lowest BCUT2D eigenvalue weighted by atomic mass is 9.76. The summed E-state index contributed by atoms with van der Waals surface area (Å²) in [6.45, 7) is 5.21. The van der Waals surface area contributed by atoms with Crippen LogP contribution in [0.2, 0.25) is 0 Å². The van der Waals surface area contributed by atoms with Gasteiger partial charge in [-0.2, -0.15) is 0 Å². The Morgan fingerprint density at radius 2 is 1.23 bits per heavy atom. The molecule has 1 saturated heterocycles. The van der Waals surface area contributed by atoms with Crippen LogP contribution in [0.3, 0.4) is 0 Å². The first-order valence-corrected chi connectivity index (χ1v) is 16.8. The van der Waals surface area contributed by atoms with Gasteiger partial charge in [-0.05, 0) is 37.6 Å². The van der Waals surface area contributed by atoms with Crippen molar-refractivity contribution in [3.8, 4) is 5.75 Å². The third-order valence-corrected chi connectivity index (χ3v) is 10.2. The van der Waals surface area contributed by atoms with E-state index in [9.17, 15) is 49.9 Å². The Bertz CT molecular complexity index is 1750. The summed E-state index contributed by atoms with van der Waals surface area (Å²) in [5.41, 5.74) is 0.158. The van der Waals surface area contributed by atoms with Crippen LogP contribution in [-0.4, -0.2) is 147 Å². The van der Waals surface area contributed by atoms with Crippen LogP contribution in [0.25, 0.3) is 6.08 Å². The van der Waals surface area contributed by atoms with Gasteiger partial charge < -0.3 is 25.0 Å². The maximum absolute atomic E-state index is 12.1. The number of carboxylic acids is 3. The molecule has 1 unspecified atom stereocenters. The van der Waals surface area contributed by atoms with Gasteiger partial charge in [-0.25, -0.2) is 0 Å². The number of nitro benzene ring substituents is 2. The number of likely N-dealkylation sites (N-methyl/N-ethyl adjacent to an activating group) is 1. The van der Waals surface area contributed by atoms with Gasteiger partial charge in [0.25, 0.3) is 11.4 Å². The number of carbonyl (C=O) groups is 3. The highest BCUT2D eigenvalue weighted by Gasteiger charge is 2.58. The molecule has 0 aliphatic carbocycles. The second-order valence-electron chi connectivity index (χ2n) is 13.8. The van der Waals surface area contributed by atoms with E-state index in [1.807, 2.05) is 36.8 Å². The molecule has 0 amide bonds. The van der Waals surface area contributed by atoms with Crippen LogP contribution < -0.4 is 9.64 Å². The van der Waals surface area contributed by atoms with Crippen LogP contribution in [0.4, 0.5) is 17.1 Å². The van der Waals surface area contributed by atoms with Crippen molar-refractivity contribution in [1.29, 1.82) is 0 Å². The molecule has 3 aliphatic heterocycles. The van der Waals surface area contributed by atoms with Crippen molar-refractivity contribution in [3.05, 3.63) is 73.3 Å². The number of rotatable bonds is 10. The highest BCUT2D eigenvalue weighted by atomic mass is 16.6. The van der Waals surface area contributed by atoms with E-state index in [0.29, 0.717) is 35.5 Å². The Morgan fingerprint density at radius 1 is 0.750 bits per heavy atom. The summed E-state index contributed by atoms with van der Waals surface area (Å²) in [6.07, 6.45) is 3.57. The number of nitro groups is 2. The molecule has 2 aromatic rings. The molecule has 3 aliphatic rings. The number of nitrogens with zero attached hydrogens (tertiary/aromatic N) is 7. The molecule has 0 aromatic heterocycles. The third-order valence-electron chi connectivity index (χ3n) is 10.2. The molecule has 0 saturated carbocycles. The van der Waals surface area contributed by atoms with E-state index in [1.165, 1.54) is 24.3 Å². The zero-order valence-electron chi connectivity index (χ0n) is 29.3. The number of fused-ring (bicyclic) bond motifs is 2. The minimum absolute atomic E-state index is 0.0624. The van der Waals surface area contributed by atoms with Gasteiger partial charge in [0.15, 0.2) is 0 Å². The second kappa shape index (κ2) is 15.2. The van der Waals surface area contributed by atoms with E-state index in [1.54, 1.807) is 26.8 Å². The van der Waals surface area contributed by atoms with Crippen molar-refractivity contribution in [2.45, 2.75) is 31.5 Å². The minimum Gasteiger partial charge on any atom is -0.480 e. The van der Waals surface area contributed by atoms with Gasteiger partial charge >= 0.3 is 17.9 Å². The van der Waals surface area contributed by atoms with Gasteiger partial charge in [-0.1, -0.05) is 0 Å². The number of hydrogen-bond acceptors (Lipinski definition) is 13. The molecule has 1 atom stereocenters. The highest BCUT2D eigenvalue weighted by Crippen LogP contribution is 2.55. The summed E-state index contributed by atoms with van der Waals surface area (Å²) in [5, 5.41) is 52.5. The van der Waals surface area contributed by atoms with Crippen molar-refractivity contribution in [2.24, 2.45) is 0 Å². The maximum Gasteiger partial charge on any atom is 0.317 e. The maximum atomic E-state index is 12.1. The summed E-state index contributed by atoms with van der Waals surface area (Å²) in [5.74, 6) is -2.77. The monoisotopic (exact) mass is 725 g/mol. The second-order valence-corrected chi connectivity index (χ2v) is 13.8. The average molecular weight is 726 g/mol. The molecule has 2 aromatic carbocycles. The number of aliphatic carboxylic acids is 3. The number of carboxylic acid groups (broad SMARTS) is 3. The number of ether oxygens (including phenoxy) is 1. The molecule has 0 radical (unpaired) electrons. The SMILES string of the molecule is CN1c2ccc([N+](=O)[O-])cc2C(C)(C)C12C=Cc1cc([N+](=O)[O-])cc(CN3CCN(CC(=O)O)CCN(CC(=O)O)CCN(CC(=O)O)CC3)c1O2. The first-order valence-electron chi connectivity index (χ1n) is 16.8. The lowest BCUT2D eigenvalue weighted by Gasteiger charge is -2.46. The van der Waals surface area contributed by atoms with E-state index >= 15 is 0 Å². The van der Waals surface area contributed by atoms with Crippen molar-refractivity contribution < 1.29 is 44.3 Å². The molecule has 18 nitrogen and oxygen atoms in total. The van der Waals surface area contributed by atoms with Gasteiger partial charge in [0.2, 0.25) is 5.72 Å². The van der Waals surface area contributed by atoms with Crippen LogP contribution in [-0.2, 0) is 26.3 Å². The molecular weight excluding hydrogens is 682 g/mol. The van der Waals surface area contributed by atoms with Crippen LogP contribution in [0.15, 0.2) is 36.4 Å². The molecule has 3 heterocycles. The topological polar surface area (TPSA) is 224 Å². The van der Waals surface area contributed by atoms with Crippen LogP contribution in [0, 0.1) is 20.2 Å². The Balaban J connectivity index is 1.50. The summed E-state index contributed by atoms with van der Waals surface area (Å²) in [6, 6.07) is 7.51. The van der Waals surface area contributed by atoms with Gasteiger partial charge in [0.05, 0.1) is 34.9 Å². The van der Waals surface area contributed by atoms with Gasteiger partial charge in [-0.3, -0.25) is 54.2 Å². The molecule has 3 N–H and O–H groups in total. The van der Waals surface area contributed by atoms with E-state index in [-0.39, 0.29) is 76.8 Å². The highest BCUT2D eigenvalue weighted by molar-refractivity contribution is 5.75. The largest absolute Gasteiger partial charge is 0.480 e.